The molecule has 2 aromatic carbocycles. The van der Waals surface area contributed by atoms with Crippen molar-refractivity contribution in [3.8, 4) is 5.75 Å². The minimum absolute atomic E-state index is 0.208. The molecule has 136 valence electrons. The van der Waals surface area contributed by atoms with Crippen LogP contribution in [0.5, 0.6) is 5.75 Å². The normalized spacial score (nSPS) is 19.2. The largest absolute Gasteiger partial charge is 0.497 e. The van der Waals surface area contributed by atoms with Gasteiger partial charge < -0.3 is 14.4 Å². The zero-order valence-electron chi connectivity index (χ0n) is 14.8. The van der Waals surface area contributed by atoms with Crippen molar-refractivity contribution in [1.82, 2.24) is 4.90 Å². The molecule has 1 aliphatic rings. The molecule has 3 rings (SSSR count). The molecule has 1 aliphatic heterocycles. The lowest BCUT2D eigenvalue weighted by Crippen LogP contribution is -2.43. The molecule has 1 heterocycles. The second-order valence-corrected chi connectivity index (χ2v) is 6.92. The smallest absolute Gasteiger partial charge is 0.329 e. The average molecular weight is 371 g/mol. The SMILES string of the molecule is CCOC(=O)C1CSC(c2ccccc2)N1C(=O)c1cccc(OC)c1. The van der Waals surface area contributed by atoms with E-state index in [9.17, 15) is 9.59 Å². The first-order chi connectivity index (χ1) is 12.7. The van der Waals surface area contributed by atoms with Crippen molar-refractivity contribution in [2.24, 2.45) is 0 Å². The van der Waals surface area contributed by atoms with Gasteiger partial charge in [-0.3, -0.25) is 4.79 Å². The quantitative estimate of drug-likeness (QED) is 0.753. The van der Waals surface area contributed by atoms with E-state index in [0.29, 0.717) is 17.1 Å². The van der Waals surface area contributed by atoms with E-state index < -0.39 is 6.04 Å². The third-order valence-electron chi connectivity index (χ3n) is 4.19. The van der Waals surface area contributed by atoms with Crippen molar-refractivity contribution in [3.63, 3.8) is 0 Å². The number of amides is 1. The highest BCUT2D eigenvalue weighted by atomic mass is 32.2. The summed E-state index contributed by atoms with van der Waals surface area (Å²) < 4.78 is 10.4. The molecule has 0 N–H and O–H groups in total. The maximum absolute atomic E-state index is 13.3. The second-order valence-electron chi connectivity index (χ2n) is 5.81. The molecule has 0 saturated carbocycles. The number of hydrogen-bond acceptors (Lipinski definition) is 5. The molecule has 0 bridgehead atoms. The second kappa shape index (κ2) is 8.27. The molecule has 2 atom stereocenters. The van der Waals surface area contributed by atoms with Gasteiger partial charge in [0.1, 0.15) is 17.2 Å². The van der Waals surface area contributed by atoms with E-state index in [0.717, 1.165) is 5.56 Å². The highest BCUT2D eigenvalue weighted by Crippen LogP contribution is 2.42. The maximum atomic E-state index is 13.3. The van der Waals surface area contributed by atoms with Gasteiger partial charge in [0.25, 0.3) is 5.91 Å². The van der Waals surface area contributed by atoms with E-state index in [-0.39, 0.29) is 23.9 Å². The number of ether oxygens (including phenoxy) is 2. The van der Waals surface area contributed by atoms with E-state index in [1.165, 1.54) is 0 Å². The third-order valence-corrected chi connectivity index (χ3v) is 5.52. The summed E-state index contributed by atoms with van der Waals surface area (Å²) in [6, 6.07) is 16.1. The molecule has 1 fully saturated rings. The summed E-state index contributed by atoms with van der Waals surface area (Å²) in [6.45, 7) is 2.06. The Morgan fingerprint density at radius 3 is 2.62 bits per heavy atom. The number of esters is 1. The zero-order chi connectivity index (χ0) is 18.5. The first-order valence-electron chi connectivity index (χ1n) is 8.45. The van der Waals surface area contributed by atoms with E-state index in [1.54, 1.807) is 55.0 Å². The molecule has 6 heteroatoms. The number of methoxy groups -OCH3 is 1. The Kier molecular flexibility index (Phi) is 5.83. The van der Waals surface area contributed by atoms with Crippen LogP contribution < -0.4 is 4.74 Å². The number of hydrogen-bond donors (Lipinski definition) is 0. The Bertz CT molecular complexity index is 780. The standard InChI is InChI=1S/C20H21NO4S/c1-3-25-20(23)17-13-26-19(14-8-5-4-6-9-14)21(17)18(22)15-10-7-11-16(12-15)24-2/h4-12,17,19H,3,13H2,1-2H3. The third kappa shape index (κ3) is 3.70. The highest BCUT2D eigenvalue weighted by molar-refractivity contribution is 7.99. The van der Waals surface area contributed by atoms with Crippen LogP contribution >= 0.6 is 11.8 Å². The minimum Gasteiger partial charge on any atom is -0.497 e. The summed E-state index contributed by atoms with van der Waals surface area (Å²) in [6.07, 6.45) is 0. The summed E-state index contributed by atoms with van der Waals surface area (Å²) in [5, 5.41) is -0.232. The fourth-order valence-corrected chi connectivity index (χ4v) is 4.37. The Hall–Kier alpha value is -2.47. The summed E-state index contributed by atoms with van der Waals surface area (Å²) in [5.74, 6) is 0.538. The lowest BCUT2D eigenvalue weighted by atomic mass is 10.1. The molecule has 26 heavy (non-hydrogen) atoms. The van der Waals surface area contributed by atoms with Crippen molar-refractivity contribution in [3.05, 3.63) is 65.7 Å². The molecule has 0 aromatic heterocycles. The number of carbonyl (C=O) groups is 2. The summed E-state index contributed by atoms with van der Waals surface area (Å²) in [5.41, 5.74) is 1.47. The number of nitrogens with zero attached hydrogens (tertiary/aromatic N) is 1. The van der Waals surface area contributed by atoms with Gasteiger partial charge in [0.05, 0.1) is 13.7 Å². The van der Waals surface area contributed by atoms with Gasteiger partial charge in [-0.25, -0.2) is 4.79 Å². The van der Waals surface area contributed by atoms with Gasteiger partial charge in [-0.2, -0.15) is 0 Å². The van der Waals surface area contributed by atoms with Crippen molar-refractivity contribution < 1.29 is 19.1 Å². The lowest BCUT2D eigenvalue weighted by molar-refractivity contribution is -0.147. The van der Waals surface area contributed by atoms with Crippen LogP contribution in [0.3, 0.4) is 0 Å². The van der Waals surface area contributed by atoms with E-state index >= 15 is 0 Å². The average Bonchev–Trinajstić information content (AvgIpc) is 3.13. The lowest BCUT2D eigenvalue weighted by Gasteiger charge is -2.28. The van der Waals surface area contributed by atoms with Crippen LogP contribution in [0.15, 0.2) is 54.6 Å². The van der Waals surface area contributed by atoms with Crippen molar-refractivity contribution in [2.75, 3.05) is 19.5 Å². The van der Waals surface area contributed by atoms with E-state index in [2.05, 4.69) is 0 Å². The van der Waals surface area contributed by atoms with Gasteiger partial charge in [-0.1, -0.05) is 36.4 Å². The van der Waals surface area contributed by atoms with E-state index in [4.69, 9.17) is 9.47 Å². The van der Waals surface area contributed by atoms with Crippen LogP contribution in [-0.2, 0) is 9.53 Å². The Morgan fingerprint density at radius 1 is 1.15 bits per heavy atom. The highest BCUT2D eigenvalue weighted by Gasteiger charge is 2.43. The van der Waals surface area contributed by atoms with Gasteiger partial charge in [0.15, 0.2) is 0 Å². The fourth-order valence-electron chi connectivity index (χ4n) is 2.95. The van der Waals surface area contributed by atoms with Crippen molar-refractivity contribution in [1.29, 1.82) is 0 Å². The van der Waals surface area contributed by atoms with Crippen LogP contribution in [0.1, 0.15) is 28.2 Å². The predicted molar refractivity (Wildman–Crippen MR) is 101 cm³/mol. The van der Waals surface area contributed by atoms with Crippen LogP contribution in [-0.4, -0.2) is 42.3 Å². The monoisotopic (exact) mass is 371 g/mol. The van der Waals surface area contributed by atoms with Crippen LogP contribution in [0.4, 0.5) is 0 Å². The fraction of sp³-hybridized carbons (Fsp3) is 0.300. The Morgan fingerprint density at radius 2 is 1.92 bits per heavy atom. The number of carbonyl (C=O) groups excluding carboxylic acids is 2. The topological polar surface area (TPSA) is 55.8 Å². The molecule has 1 amide bonds. The minimum atomic E-state index is -0.608. The van der Waals surface area contributed by atoms with Gasteiger partial charge >= 0.3 is 5.97 Å². The molecule has 5 nitrogen and oxygen atoms in total. The summed E-state index contributed by atoms with van der Waals surface area (Å²) >= 11 is 1.57. The number of rotatable bonds is 5. The number of benzene rings is 2. The van der Waals surface area contributed by atoms with Crippen LogP contribution in [0.2, 0.25) is 0 Å². The maximum Gasteiger partial charge on any atom is 0.329 e. The van der Waals surface area contributed by atoms with Gasteiger partial charge in [0, 0.05) is 11.3 Å². The summed E-state index contributed by atoms with van der Waals surface area (Å²) in [4.78, 5) is 27.3. The predicted octanol–water partition coefficient (Wildman–Crippen LogP) is 3.51. The first-order valence-corrected chi connectivity index (χ1v) is 9.50. The zero-order valence-corrected chi connectivity index (χ0v) is 15.6. The molecule has 0 spiro atoms. The Labute approximate surface area is 157 Å². The van der Waals surface area contributed by atoms with Crippen LogP contribution in [0, 0.1) is 0 Å². The van der Waals surface area contributed by atoms with Gasteiger partial charge in [0.2, 0.25) is 0 Å². The van der Waals surface area contributed by atoms with Gasteiger partial charge in [-0.15, -0.1) is 11.8 Å². The Balaban J connectivity index is 1.97. The molecule has 0 radical (unpaired) electrons. The molecule has 0 aliphatic carbocycles. The molecule has 2 unspecified atom stereocenters. The van der Waals surface area contributed by atoms with Crippen molar-refractivity contribution in [2.45, 2.75) is 18.3 Å². The first kappa shape index (κ1) is 18.3. The van der Waals surface area contributed by atoms with Crippen LogP contribution in [0.25, 0.3) is 0 Å². The van der Waals surface area contributed by atoms with Crippen molar-refractivity contribution >= 4 is 23.6 Å². The summed E-state index contributed by atoms with van der Waals surface area (Å²) in [7, 11) is 1.56. The molecule has 1 saturated heterocycles. The van der Waals surface area contributed by atoms with Gasteiger partial charge in [-0.05, 0) is 30.7 Å². The van der Waals surface area contributed by atoms with E-state index in [1.807, 2.05) is 30.3 Å². The molecular formula is C20H21NO4S. The molecular weight excluding hydrogens is 350 g/mol. The number of thioether (sulfide) groups is 1. The molecule has 2 aromatic rings.